The van der Waals surface area contributed by atoms with Gasteiger partial charge in [-0.2, -0.15) is 5.10 Å². The van der Waals surface area contributed by atoms with Crippen LogP contribution in [0.15, 0.2) is 30.6 Å². The molecule has 1 aliphatic rings. The number of carbonyl (C=O) groups excluding carboxylic acids is 1. The number of hydrogen-bond donors (Lipinski definition) is 2. The summed E-state index contributed by atoms with van der Waals surface area (Å²) in [5.74, 6) is -1.08. The third-order valence-electron chi connectivity index (χ3n) is 4.52. The predicted octanol–water partition coefficient (Wildman–Crippen LogP) is 2.10. The van der Waals surface area contributed by atoms with Crippen molar-refractivity contribution in [3.05, 3.63) is 36.2 Å². The van der Waals surface area contributed by atoms with Crippen LogP contribution in [0.25, 0.3) is 5.52 Å². The molecule has 2 aromatic heterocycles. The number of aromatic nitrogens is 2. The molecule has 1 amide bonds. The topological polar surface area (TPSA) is 83.7 Å². The number of nitrogens with zero attached hydrogens (tertiary/aromatic N) is 2. The van der Waals surface area contributed by atoms with Gasteiger partial charge in [-0.15, -0.1) is 0 Å². The van der Waals surface area contributed by atoms with Gasteiger partial charge in [0.25, 0.3) is 5.91 Å². The van der Waals surface area contributed by atoms with E-state index in [1.54, 1.807) is 10.7 Å². The quantitative estimate of drug-likeness (QED) is 0.906. The first-order valence-corrected chi connectivity index (χ1v) is 7.56. The van der Waals surface area contributed by atoms with E-state index in [9.17, 15) is 14.7 Å². The largest absolute Gasteiger partial charge is 0.481 e. The lowest BCUT2D eigenvalue weighted by Crippen LogP contribution is -2.44. The summed E-state index contributed by atoms with van der Waals surface area (Å²) < 4.78 is 1.63. The average molecular weight is 301 g/mol. The second-order valence-corrected chi connectivity index (χ2v) is 5.92. The lowest BCUT2D eigenvalue weighted by molar-refractivity contribution is -0.150. The van der Waals surface area contributed by atoms with E-state index in [0.717, 1.165) is 19.3 Å². The normalized spacial score (nSPS) is 17.3. The Balaban J connectivity index is 1.75. The van der Waals surface area contributed by atoms with E-state index in [-0.39, 0.29) is 12.5 Å². The number of amides is 1. The van der Waals surface area contributed by atoms with Crippen LogP contribution in [0, 0.1) is 5.41 Å². The average Bonchev–Trinajstić information content (AvgIpc) is 2.97. The van der Waals surface area contributed by atoms with E-state index in [2.05, 4.69) is 10.4 Å². The summed E-state index contributed by atoms with van der Waals surface area (Å²) in [4.78, 5) is 24.0. The predicted molar refractivity (Wildman–Crippen MR) is 80.7 cm³/mol. The number of rotatable bonds is 4. The lowest BCUT2D eigenvalue weighted by Gasteiger charge is -2.33. The van der Waals surface area contributed by atoms with Gasteiger partial charge >= 0.3 is 5.97 Å². The third-order valence-corrected chi connectivity index (χ3v) is 4.52. The van der Waals surface area contributed by atoms with E-state index in [1.807, 2.05) is 18.2 Å². The molecule has 0 radical (unpaired) electrons. The molecular weight excluding hydrogens is 282 g/mol. The molecule has 1 fully saturated rings. The van der Waals surface area contributed by atoms with Gasteiger partial charge in [0.15, 0.2) is 0 Å². The molecule has 0 saturated heterocycles. The zero-order chi connectivity index (χ0) is 15.6. The SMILES string of the molecule is O=C(NCC1(C(=O)O)CCCCC1)c1cnn2ccccc12. The number of fused-ring (bicyclic) bond motifs is 1. The number of carbonyl (C=O) groups is 2. The molecule has 6 heteroatoms. The Morgan fingerprint density at radius 3 is 2.77 bits per heavy atom. The summed E-state index contributed by atoms with van der Waals surface area (Å²) in [7, 11) is 0. The molecule has 0 aromatic carbocycles. The molecule has 116 valence electrons. The van der Waals surface area contributed by atoms with Crippen LogP contribution in [0.4, 0.5) is 0 Å². The highest BCUT2D eigenvalue weighted by molar-refractivity contribution is 6.00. The number of carboxylic acid groups (broad SMARTS) is 1. The van der Waals surface area contributed by atoms with Gasteiger partial charge in [-0.1, -0.05) is 25.3 Å². The monoisotopic (exact) mass is 301 g/mol. The minimum atomic E-state index is -0.823. The fourth-order valence-electron chi connectivity index (χ4n) is 3.15. The number of pyridine rings is 1. The Kier molecular flexibility index (Phi) is 3.83. The second-order valence-electron chi connectivity index (χ2n) is 5.92. The van der Waals surface area contributed by atoms with Crippen molar-refractivity contribution in [1.82, 2.24) is 14.9 Å². The molecule has 0 atom stereocenters. The first-order valence-electron chi connectivity index (χ1n) is 7.56. The molecule has 0 bridgehead atoms. The van der Waals surface area contributed by atoms with Crippen LogP contribution in [0.1, 0.15) is 42.5 Å². The maximum Gasteiger partial charge on any atom is 0.311 e. The van der Waals surface area contributed by atoms with Crippen LogP contribution < -0.4 is 5.32 Å². The van der Waals surface area contributed by atoms with Gasteiger partial charge < -0.3 is 10.4 Å². The Labute approximate surface area is 128 Å². The number of hydrogen-bond acceptors (Lipinski definition) is 3. The van der Waals surface area contributed by atoms with Crippen LogP contribution in [-0.2, 0) is 4.79 Å². The zero-order valence-electron chi connectivity index (χ0n) is 12.3. The maximum absolute atomic E-state index is 12.4. The zero-order valence-corrected chi connectivity index (χ0v) is 12.3. The lowest BCUT2D eigenvalue weighted by atomic mass is 9.74. The van der Waals surface area contributed by atoms with Crippen LogP contribution in [0.2, 0.25) is 0 Å². The molecule has 1 saturated carbocycles. The molecule has 3 rings (SSSR count). The molecular formula is C16H19N3O3. The fourth-order valence-corrected chi connectivity index (χ4v) is 3.15. The van der Waals surface area contributed by atoms with Gasteiger partial charge in [0.1, 0.15) is 0 Å². The van der Waals surface area contributed by atoms with Crippen molar-refractivity contribution >= 4 is 17.4 Å². The number of nitrogens with one attached hydrogen (secondary N) is 1. The van der Waals surface area contributed by atoms with Crippen molar-refractivity contribution in [2.75, 3.05) is 6.54 Å². The van der Waals surface area contributed by atoms with Crippen LogP contribution in [0.3, 0.4) is 0 Å². The van der Waals surface area contributed by atoms with Crippen LogP contribution >= 0.6 is 0 Å². The Morgan fingerprint density at radius 1 is 1.27 bits per heavy atom. The molecule has 22 heavy (non-hydrogen) atoms. The van der Waals surface area contributed by atoms with Crippen molar-refractivity contribution in [1.29, 1.82) is 0 Å². The summed E-state index contributed by atoms with van der Waals surface area (Å²) >= 11 is 0. The van der Waals surface area contributed by atoms with E-state index < -0.39 is 11.4 Å². The van der Waals surface area contributed by atoms with Crippen molar-refractivity contribution in [2.45, 2.75) is 32.1 Å². The summed E-state index contributed by atoms with van der Waals surface area (Å²) in [5, 5.41) is 16.5. The first-order chi connectivity index (χ1) is 10.6. The molecule has 2 heterocycles. The first kappa shape index (κ1) is 14.6. The van der Waals surface area contributed by atoms with Gasteiger partial charge in [-0.25, -0.2) is 4.52 Å². The van der Waals surface area contributed by atoms with Gasteiger partial charge in [-0.05, 0) is 25.0 Å². The van der Waals surface area contributed by atoms with Crippen molar-refractivity contribution in [3.8, 4) is 0 Å². The number of aliphatic carboxylic acids is 1. The summed E-state index contributed by atoms with van der Waals surface area (Å²) in [6.45, 7) is 0.172. The molecule has 0 unspecified atom stereocenters. The minimum Gasteiger partial charge on any atom is -0.481 e. The highest BCUT2D eigenvalue weighted by Gasteiger charge is 2.39. The fraction of sp³-hybridized carbons (Fsp3) is 0.438. The van der Waals surface area contributed by atoms with E-state index in [4.69, 9.17) is 0 Å². The Bertz CT molecular complexity index is 701. The maximum atomic E-state index is 12.4. The standard InChI is InChI=1S/C16H19N3O3/c20-14(12-10-18-19-9-5-2-6-13(12)19)17-11-16(15(21)22)7-3-1-4-8-16/h2,5-6,9-10H,1,3-4,7-8,11H2,(H,17,20)(H,21,22). The van der Waals surface area contributed by atoms with Gasteiger partial charge in [0.2, 0.25) is 0 Å². The summed E-state index contributed by atoms with van der Waals surface area (Å²) in [5.41, 5.74) is 0.363. The third kappa shape index (κ3) is 2.56. The smallest absolute Gasteiger partial charge is 0.311 e. The molecule has 0 aliphatic heterocycles. The molecule has 2 N–H and O–H groups in total. The Morgan fingerprint density at radius 2 is 2.05 bits per heavy atom. The minimum absolute atomic E-state index is 0.172. The van der Waals surface area contributed by atoms with Crippen LogP contribution in [-0.4, -0.2) is 33.1 Å². The number of carboxylic acids is 1. The molecule has 6 nitrogen and oxygen atoms in total. The van der Waals surface area contributed by atoms with E-state index in [0.29, 0.717) is 23.9 Å². The van der Waals surface area contributed by atoms with E-state index >= 15 is 0 Å². The highest BCUT2D eigenvalue weighted by Crippen LogP contribution is 2.36. The van der Waals surface area contributed by atoms with Crippen molar-refractivity contribution in [2.24, 2.45) is 5.41 Å². The van der Waals surface area contributed by atoms with Crippen molar-refractivity contribution in [3.63, 3.8) is 0 Å². The van der Waals surface area contributed by atoms with Crippen LogP contribution in [0.5, 0.6) is 0 Å². The van der Waals surface area contributed by atoms with Gasteiger partial charge in [0.05, 0.1) is 22.7 Å². The summed E-state index contributed by atoms with van der Waals surface area (Å²) in [6.07, 6.45) is 7.40. The molecule has 2 aromatic rings. The Hall–Kier alpha value is -2.37. The van der Waals surface area contributed by atoms with Crippen molar-refractivity contribution < 1.29 is 14.7 Å². The van der Waals surface area contributed by atoms with Gasteiger partial charge in [0, 0.05) is 12.7 Å². The van der Waals surface area contributed by atoms with E-state index in [1.165, 1.54) is 6.20 Å². The molecule has 0 spiro atoms. The van der Waals surface area contributed by atoms with Gasteiger partial charge in [-0.3, -0.25) is 9.59 Å². The summed E-state index contributed by atoms with van der Waals surface area (Å²) in [6, 6.07) is 5.49. The highest BCUT2D eigenvalue weighted by atomic mass is 16.4. The second kappa shape index (κ2) is 5.79. The molecule has 1 aliphatic carbocycles.